The molecule has 0 spiro atoms. The smallest absolute Gasteiger partial charge is 0.225 e. The Morgan fingerprint density at radius 3 is 2.41 bits per heavy atom. The molecule has 3 aromatic rings. The van der Waals surface area contributed by atoms with Gasteiger partial charge in [0, 0.05) is 6.20 Å². The second kappa shape index (κ2) is 4.93. The molecule has 1 aliphatic rings. The fourth-order valence-electron chi connectivity index (χ4n) is 2.96. The van der Waals surface area contributed by atoms with E-state index in [9.17, 15) is 0 Å². The number of halogens is 2. The van der Waals surface area contributed by atoms with E-state index in [1.165, 1.54) is 29.5 Å². The highest BCUT2D eigenvalue weighted by Gasteiger charge is 2.25. The number of fused-ring (bicyclic) bond motifs is 1. The van der Waals surface area contributed by atoms with Crippen LogP contribution in [-0.2, 0) is 0 Å². The molecule has 0 radical (unpaired) electrons. The molecule has 0 amide bonds. The van der Waals surface area contributed by atoms with E-state index < -0.39 is 0 Å². The molecule has 1 fully saturated rings. The molecule has 1 aliphatic carbocycles. The molecule has 22 heavy (non-hydrogen) atoms. The first kappa shape index (κ1) is 14.0. The second-order valence-corrected chi connectivity index (χ2v) is 6.57. The van der Waals surface area contributed by atoms with E-state index in [2.05, 4.69) is 41.0 Å². The first-order chi connectivity index (χ1) is 10.5. The predicted octanol–water partition coefficient (Wildman–Crippen LogP) is 4.62. The standard InChI is InChI=1S/C16H14Cl2N4/c1-8-5-11(10-3-4-10)6-9(2)13(8)22-7-12-14(17)19-16(18)20-15(12)21-22/h5-7,10H,3-4H2,1-2H3. The van der Waals surface area contributed by atoms with E-state index in [1.54, 1.807) is 0 Å². The molecule has 6 heteroatoms. The van der Waals surface area contributed by atoms with Crippen LogP contribution in [0.4, 0.5) is 0 Å². The normalized spacial score (nSPS) is 14.7. The van der Waals surface area contributed by atoms with Crippen LogP contribution >= 0.6 is 23.2 Å². The largest absolute Gasteiger partial charge is 0.238 e. The Labute approximate surface area is 138 Å². The van der Waals surface area contributed by atoms with Crippen LogP contribution in [0.5, 0.6) is 0 Å². The molecule has 0 aliphatic heterocycles. The van der Waals surface area contributed by atoms with Gasteiger partial charge < -0.3 is 0 Å². The van der Waals surface area contributed by atoms with Gasteiger partial charge in [0.1, 0.15) is 5.15 Å². The maximum atomic E-state index is 6.13. The third-order valence-electron chi connectivity index (χ3n) is 4.10. The molecule has 0 atom stereocenters. The van der Waals surface area contributed by atoms with Crippen molar-refractivity contribution < 1.29 is 0 Å². The van der Waals surface area contributed by atoms with Crippen LogP contribution in [0.3, 0.4) is 0 Å². The highest BCUT2D eigenvalue weighted by Crippen LogP contribution is 2.41. The van der Waals surface area contributed by atoms with Crippen LogP contribution in [0.2, 0.25) is 10.4 Å². The quantitative estimate of drug-likeness (QED) is 0.508. The van der Waals surface area contributed by atoms with Crippen molar-refractivity contribution in [3.63, 3.8) is 0 Å². The fourth-order valence-corrected chi connectivity index (χ4v) is 3.39. The minimum atomic E-state index is 0.111. The molecule has 2 aromatic heterocycles. The molecule has 4 nitrogen and oxygen atoms in total. The summed E-state index contributed by atoms with van der Waals surface area (Å²) >= 11 is 12.0. The molecule has 112 valence electrons. The zero-order valence-electron chi connectivity index (χ0n) is 12.3. The van der Waals surface area contributed by atoms with Crippen molar-refractivity contribution in [1.82, 2.24) is 19.7 Å². The molecule has 0 N–H and O–H groups in total. The van der Waals surface area contributed by atoms with Gasteiger partial charge in [-0.2, -0.15) is 4.98 Å². The van der Waals surface area contributed by atoms with Gasteiger partial charge >= 0.3 is 0 Å². The van der Waals surface area contributed by atoms with Crippen molar-refractivity contribution in [2.75, 3.05) is 0 Å². The number of hydrogen-bond acceptors (Lipinski definition) is 3. The van der Waals surface area contributed by atoms with Gasteiger partial charge in [0.2, 0.25) is 5.28 Å². The topological polar surface area (TPSA) is 43.6 Å². The maximum Gasteiger partial charge on any atom is 0.225 e. The lowest BCUT2D eigenvalue weighted by atomic mass is 10.0. The third-order valence-corrected chi connectivity index (χ3v) is 4.55. The summed E-state index contributed by atoms with van der Waals surface area (Å²) < 4.78 is 1.82. The first-order valence-electron chi connectivity index (χ1n) is 7.23. The summed E-state index contributed by atoms with van der Waals surface area (Å²) in [5.74, 6) is 0.738. The monoisotopic (exact) mass is 332 g/mol. The van der Waals surface area contributed by atoms with Crippen LogP contribution in [-0.4, -0.2) is 19.7 Å². The lowest BCUT2D eigenvalue weighted by molar-refractivity contribution is 0.870. The number of benzene rings is 1. The van der Waals surface area contributed by atoms with Crippen molar-refractivity contribution in [3.05, 3.63) is 45.5 Å². The Hall–Kier alpha value is -1.65. The highest BCUT2D eigenvalue weighted by atomic mass is 35.5. The van der Waals surface area contributed by atoms with E-state index in [0.29, 0.717) is 16.2 Å². The minimum absolute atomic E-state index is 0.111. The molecule has 0 bridgehead atoms. The number of rotatable bonds is 2. The highest BCUT2D eigenvalue weighted by molar-refractivity contribution is 6.35. The molecule has 0 unspecified atom stereocenters. The molecule has 1 aromatic carbocycles. The average Bonchev–Trinajstić information content (AvgIpc) is 3.19. The predicted molar refractivity (Wildman–Crippen MR) is 88.1 cm³/mol. The summed E-state index contributed by atoms with van der Waals surface area (Å²) in [4.78, 5) is 8.10. The van der Waals surface area contributed by atoms with Crippen LogP contribution < -0.4 is 0 Å². The third kappa shape index (κ3) is 2.27. The van der Waals surface area contributed by atoms with Crippen molar-refractivity contribution in [2.45, 2.75) is 32.6 Å². The summed E-state index contributed by atoms with van der Waals surface area (Å²) in [6, 6.07) is 4.51. The van der Waals surface area contributed by atoms with E-state index >= 15 is 0 Å². The second-order valence-electron chi connectivity index (χ2n) is 5.87. The molecule has 0 saturated heterocycles. The van der Waals surface area contributed by atoms with Gasteiger partial charge in [0.25, 0.3) is 0 Å². The number of hydrogen-bond donors (Lipinski definition) is 0. The van der Waals surface area contributed by atoms with Crippen molar-refractivity contribution in [1.29, 1.82) is 0 Å². The van der Waals surface area contributed by atoms with Gasteiger partial charge in [0.15, 0.2) is 5.65 Å². The summed E-state index contributed by atoms with van der Waals surface area (Å²) in [5.41, 5.74) is 5.40. The van der Waals surface area contributed by atoms with Crippen LogP contribution in [0.15, 0.2) is 18.3 Å². The Kier molecular flexibility index (Phi) is 3.13. The number of aryl methyl sites for hydroxylation is 2. The van der Waals surface area contributed by atoms with Gasteiger partial charge in [0.05, 0.1) is 11.1 Å². The van der Waals surface area contributed by atoms with E-state index in [4.69, 9.17) is 23.2 Å². The van der Waals surface area contributed by atoms with Crippen molar-refractivity contribution >= 4 is 34.2 Å². The van der Waals surface area contributed by atoms with Gasteiger partial charge in [-0.3, -0.25) is 0 Å². The average molecular weight is 333 g/mol. The van der Waals surface area contributed by atoms with Gasteiger partial charge in [-0.1, -0.05) is 23.7 Å². The van der Waals surface area contributed by atoms with Crippen molar-refractivity contribution in [3.8, 4) is 5.69 Å². The molecule has 1 saturated carbocycles. The summed E-state index contributed by atoms with van der Waals surface area (Å²) in [5, 5.41) is 5.65. The SMILES string of the molecule is Cc1cc(C2CC2)cc(C)c1-n1cc2c(Cl)nc(Cl)nc2n1. The van der Waals surface area contributed by atoms with Crippen LogP contribution in [0, 0.1) is 13.8 Å². The Bertz CT molecular complexity index is 874. The molecular weight excluding hydrogens is 319 g/mol. The molecular formula is C16H14Cl2N4. The zero-order chi connectivity index (χ0) is 15.4. The fraction of sp³-hybridized carbons (Fsp3) is 0.312. The van der Waals surface area contributed by atoms with E-state index in [0.717, 1.165) is 11.6 Å². The number of nitrogens with zero attached hydrogens (tertiary/aromatic N) is 4. The van der Waals surface area contributed by atoms with Gasteiger partial charge in [-0.05, 0) is 60.9 Å². The van der Waals surface area contributed by atoms with Crippen LogP contribution in [0.1, 0.15) is 35.4 Å². The summed E-state index contributed by atoms with van der Waals surface area (Å²) in [6.07, 6.45) is 4.46. The lowest BCUT2D eigenvalue weighted by Crippen LogP contribution is -2.02. The molecule has 4 rings (SSSR count). The Morgan fingerprint density at radius 2 is 1.77 bits per heavy atom. The van der Waals surface area contributed by atoms with Crippen molar-refractivity contribution in [2.24, 2.45) is 0 Å². The minimum Gasteiger partial charge on any atom is -0.238 e. The lowest BCUT2D eigenvalue weighted by Gasteiger charge is -2.12. The zero-order valence-corrected chi connectivity index (χ0v) is 13.8. The van der Waals surface area contributed by atoms with Crippen LogP contribution in [0.25, 0.3) is 16.7 Å². The van der Waals surface area contributed by atoms with Gasteiger partial charge in [-0.15, -0.1) is 5.10 Å². The van der Waals surface area contributed by atoms with Gasteiger partial charge in [-0.25, -0.2) is 9.67 Å². The van der Waals surface area contributed by atoms with E-state index in [-0.39, 0.29) is 5.28 Å². The summed E-state index contributed by atoms with van der Waals surface area (Å²) in [7, 11) is 0. The van der Waals surface area contributed by atoms with E-state index in [1.807, 2.05) is 10.9 Å². The first-order valence-corrected chi connectivity index (χ1v) is 7.98. The number of aromatic nitrogens is 4. The summed E-state index contributed by atoms with van der Waals surface area (Å²) in [6.45, 7) is 4.22. The maximum absolute atomic E-state index is 6.13. The Balaban J connectivity index is 1.89. The Morgan fingerprint density at radius 1 is 1.09 bits per heavy atom. The molecule has 2 heterocycles.